The van der Waals surface area contributed by atoms with E-state index in [0.717, 1.165) is 24.9 Å². The first kappa shape index (κ1) is 20.1. The standard InChI is InChI=1S/C19H29N3O4S/c1-3-22(4-2)27(24,25)16-8-9-18(21-10-12-26-13-11-21)17(14-16)20-19(23)15-6-5-7-15/h8-9,14-15H,3-7,10-13H2,1-2H3,(H,20,23). The molecule has 0 atom stereocenters. The molecule has 1 amide bonds. The number of morpholine rings is 1. The van der Waals surface area contributed by atoms with Gasteiger partial charge in [0.15, 0.2) is 0 Å². The second-order valence-electron chi connectivity index (χ2n) is 6.98. The van der Waals surface area contributed by atoms with E-state index in [9.17, 15) is 13.2 Å². The van der Waals surface area contributed by atoms with Crippen molar-refractivity contribution in [3.8, 4) is 0 Å². The fourth-order valence-corrected chi connectivity index (χ4v) is 4.96. The number of nitrogens with zero attached hydrogens (tertiary/aromatic N) is 2. The van der Waals surface area contributed by atoms with Crippen LogP contribution in [-0.2, 0) is 19.6 Å². The number of rotatable bonds is 7. The Morgan fingerprint density at radius 2 is 1.89 bits per heavy atom. The third-order valence-electron chi connectivity index (χ3n) is 5.40. The lowest BCUT2D eigenvalue weighted by Gasteiger charge is -2.32. The summed E-state index contributed by atoms with van der Waals surface area (Å²) in [4.78, 5) is 14.9. The summed E-state index contributed by atoms with van der Waals surface area (Å²) in [5.41, 5.74) is 1.42. The van der Waals surface area contributed by atoms with Crippen molar-refractivity contribution in [1.82, 2.24) is 4.31 Å². The maximum absolute atomic E-state index is 12.9. The maximum Gasteiger partial charge on any atom is 0.243 e. The van der Waals surface area contributed by atoms with Gasteiger partial charge in [0.05, 0.1) is 29.5 Å². The van der Waals surface area contributed by atoms with Crippen LogP contribution in [0.1, 0.15) is 33.1 Å². The fraction of sp³-hybridized carbons (Fsp3) is 0.632. The van der Waals surface area contributed by atoms with Gasteiger partial charge in [-0.3, -0.25) is 4.79 Å². The highest BCUT2D eigenvalue weighted by Gasteiger charge is 2.28. The Labute approximate surface area is 161 Å². The van der Waals surface area contributed by atoms with Gasteiger partial charge in [-0.1, -0.05) is 20.3 Å². The van der Waals surface area contributed by atoms with Crippen molar-refractivity contribution in [1.29, 1.82) is 0 Å². The van der Waals surface area contributed by atoms with Gasteiger partial charge in [0.25, 0.3) is 0 Å². The molecular formula is C19H29N3O4S. The van der Waals surface area contributed by atoms with E-state index < -0.39 is 10.0 Å². The lowest BCUT2D eigenvalue weighted by atomic mass is 9.85. The van der Waals surface area contributed by atoms with Crippen LogP contribution in [0.3, 0.4) is 0 Å². The first-order valence-corrected chi connectivity index (χ1v) is 11.2. The number of hydrogen-bond acceptors (Lipinski definition) is 5. The molecule has 1 heterocycles. The summed E-state index contributed by atoms with van der Waals surface area (Å²) in [7, 11) is -3.58. The fourth-order valence-electron chi connectivity index (χ4n) is 3.47. The zero-order chi connectivity index (χ0) is 19.4. The normalized spacial score (nSPS) is 18.4. The van der Waals surface area contributed by atoms with Gasteiger partial charge >= 0.3 is 0 Å². The van der Waals surface area contributed by atoms with E-state index in [0.29, 0.717) is 45.1 Å². The minimum absolute atomic E-state index is 0.0202. The van der Waals surface area contributed by atoms with E-state index in [1.54, 1.807) is 18.2 Å². The Morgan fingerprint density at radius 1 is 1.22 bits per heavy atom. The Morgan fingerprint density at radius 3 is 2.44 bits per heavy atom. The molecule has 0 radical (unpaired) electrons. The lowest BCUT2D eigenvalue weighted by Crippen LogP contribution is -2.37. The first-order chi connectivity index (χ1) is 13.0. The van der Waals surface area contributed by atoms with Crippen LogP contribution in [0.25, 0.3) is 0 Å². The molecule has 0 bridgehead atoms. The van der Waals surface area contributed by atoms with E-state index in [2.05, 4.69) is 10.2 Å². The molecule has 0 unspecified atom stereocenters. The number of sulfonamides is 1. The van der Waals surface area contributed by atoms with Gasteiger partial charge in [0.1, 0.15) is 0 Å². The van der Waals surface area contributed by atoms with Gasteiger partial charge in [-0.2, -0.15) is 4.31 Å². The molecule has 0 aromatic heterocycles. The summed E-state index contributed by atoms with van der Waals surface area (Å²) >= 11 is 0. The molecule has 1 aliphatic heterocycles. The molecule has 27 heavy (non-hydrogen) atoms. The SMILES string of the molecule is CCN(CC)S(=O)(=O)c1ccc(N2CCOCC2)c(NC(=O)C2CCC2)c1. The quantitative estimate of drug-likeness (QED) is 0.766. The molecule has 2 aliphatic rings. The molecule has 150 valence electrons. The van der Waals surface area contributed by atoms with Crippen LogP contribution < -0.4 is 10.2 Å². The second-order valence-corrected chi connectivity index (χ2v) is 8.92. The largest absolute Gasteiger partial charge is 0.378 e. The van der Waals surface area contributed by atoms with Crippen LogP contribution in [0.4, 0.5) is 11.4 Å². The van der Waals surface area contributed by atoms with Crippen LogP contribution in [-0.4, -0.2) is 58.0 Å². The number of anilines is 2. The Kier molecular flexibility index (Phi) is 6.39. The Hall–Kier alpha value is -1.64. The molecule has 1 aromatic carbocycles. The highest BCUT2D eigenvalue weighted by Crippen LogP contribution is 2.33. The molecule has 1 saturated carbocycles. The van der Waals surface area contributed by atoms with Crippen molar-refractivity contribution in [2.24, 2.45) is 5.92 Å². The summed E-state index contributed by atoms with van der Waals surface area (Å²) in [6.45, 7) is 7.14. The number of carbonyl (C=O) groups is 1. The minimum Gasteiger partial charge on any atom is -0.378 e. The molecule has 1 N–H and O–H groups in total. The molecule has 8 heteroatoms. The van der Waals surface area contributed by atoms with Crippen LogP contribution in [0.15, 0.2) is 23.1 Å². The van der Waals surface area contributed by atoms with Crippen molar-refractivity contribution in [3.05, 3.63) is 18.2 Å². The monoisotopic (exact) mass is 395 g/mol. The van der Waals surface area contributed by atoms with E-state index in [1.165, 1.54) is 4.31 Å². The predicted molar refractivity (Wildman–Crippen MR) is 106 cm³/mol. The molecule has 2 fully saturated rings. The molecule has 1 saturated heterocycles. The number of ether oxygens (including phenoxy) is 1. The lowest BCUT2D eigenvalue weighted by molar-refractivity contribution is -0.122. The van der Waals surface area contributed by atoms with Gasteiger partial charge in [-0.15, -0.1) is 0 Å². The number of amides is 1. The van der Waals surface area contributed by atoms with Crippen molar-refractivity contribution in [2.75, 3.05) is 49.6 Å². The van der Waals surface area contributed by atoms with Gasteiger partial charge in [0.2, 0.25) is 15.9 Å². The average molecular weight is 396 g/mol. The van der Waals surface area contributed by atoms with Gasteiger partial charge in [-0.25, -0.2) is 8.42 Å². The summed E-state index contributed by atoms with van der Waals surface area (Å²) < 4.78 is 32.6. The Bertz CT molecular complexity index is 767. The molecular weight excluding hydrogens is 366 g/mol. The van der Waals surface area contributed by atoms with Crippen molar-refractivity contribution in [2.45, 2.75) is 38.0 Å². The highest BCUT2D eigenvalue weighted by molar-refractivity contribution is 7.89. The molecule has 3 rings (SSSR count). The van der Waals surface area contributed by atoms with E-state index in [-0.39, 0.29) is 16.7 Å². The van der Waals surface area contributed by atoms with E-state index in [4.69, 9.17) is 4.74 Å². The van der Waals surface area contributed by atoms with Crippen molar-refractivity contribution >= 4 is 27.3 Å². The van der Waals surface area contributed by atoms with Crippen molar-refractivity contribution in [3.63, 3.8) is 0 Å². The van der Waals surface area contributed by atoms with Gasteiger partial charge in [-0.05, 0) is 31.0 Å². The van der Waals surface area contributed by atoms with Crippen LogP contribution in [0.2, 0.25) is 0 Å². The topological polar surface area (TPSA) is 79.0 Å². The third kappa shape index (κ3) is 4.28. The van der Waals surface area contributed by atoms with Crippen LogP contribution in [0.5, 0.6) is 0 Å². The minimum atomic E-state index is -3.58. The smallest absolute Gasteiger partial charge is 0.243 e. The summed E-state index contributed by atoms with van der Waals surface area (Å²) in [6.07, 6.45) is 2.87. The Balaban J connectivity index is 1.95. The zero-order valence-corrected chi connectivity index (χ0v) is 16.9. The van der Waals surface area contributed by atoms with E-state index in [1.807, 2.05) is 13.8 Å². The predicted octanol–water partition coefficient (Wildman–Crippen LogP) is 2.29. The first-order valence-electron chi connectivity index (χ1n) is 9.75. The summed E-state index contributed by atoms with van der Waals surface area (Å²) in [6, 6.07) is 5.05. The third-order valence-corrected chi connectivity index (χ3v) is 7.44. The number of carbonyl (C=O) groups excluding carboxylic acids is 1. The van der Waals surface area contributed by atoms with Gasteiger partial charge < -0.3 is 15.0 Å². The van der Waals surface area contributed by atoms with Crippen LogP contribution >= 0.6 is 0 Å². The summed E-state index contributed by atoms with van der Waals surface area (Å²) in [5, 5.41) is 2.99. The zero-order valence-electron chi connectivity index (χ0n) is 16.1. The second kappa shape index (κ2) is 8.58. The number of nitrogens with one attached hydrogen (secondary N) is 1. The maximum atomic E-state index is 12.9. The molecule has 7 nitrogen and oxygen atoms in total. The molecule has 1 aliphatic carbocycles. The van der Waals surface area contributed by atoms with Gasteiger partial charge in [0, 0.05) is 32.1 Å². The van der Waals surface area contributed by atoms with E-state index >= 15 is 0 Å². The highest BCUT2D eigenvalue weighted by atomic mass is 32.2. The summed E-state index contributed by atoms with van der Waals surface area (Å²) in [5.74, 6) is 0.0127. The number of benzene rings is 1. The average Bonchev–Trinajstić information content (AvgIpc) is 2.61. The molecule has 1 aromatic rings. The molecule has 0 spiro atoms. The number of hydrogen-bond donors (Lipinski definition) is 1. The van der Waals surface area contributed by atoms with Crippen LogP contribution in [0, 0.1) is 5.92 Å². The van der Waals surface area contributed by atoms with Crippen molar-refractivity contribution < 1.29 is 17.9 Å².